The molecule has 4 heteroatoms. The maximum Gasteiger partial charge on any atom is 0.142 e. The highest BCUT2D eigenvalue weighted by atomic mass is 16.5. The zero-order valence-corrected chi connectivity index (χ0v) is 10.1. The topological polar surface area (TPSA) is 57.9 Å². The number of methoxy groups -OCH3 is 1. The molecule has 1 heterocycles. The van der Waals surface area contributed by atoms with E-state index in [4.69, 9.17) is 10.00 Å². The fraction of sp³-hybridized carbons (Fsp3) is 0.143. The van der Waals surface area contributed by atoms with Crippen molar-refractivity contribution in [2.45, 2.75) is 6.61 Å². The molecule has 0 saturated carbocycles. The standard InChI is InChI=1S/C14H13N3O/c1-18-10-11-4-2-3-5-14(11)17-12-6-7-16-13(8-12)9-15/h2-8H,10H2,1H3,(H,16,17). The lowest BCUT2D eigenvalue weighted by atomic mass is 10.2. The van der Waals surface area contributed by atoms with Crippen LogP contribution in [0.25, 0.3) is 0 Å². The monoisotopic (exact) mass is 239 g/mol. The minimum atomic E-state index is 0.393. The zero-order chi connectivity index (χ0) is 12.8. The summed E-state index contributed by atoms with van der Waals surface area (Å²) >= 11 is 0. The van der Waals surface area contributed by atoms with E-state index < -0.39 is 0 Å². The molecule has 0 aliphatic heterocycles. The van der Waals surface area contributed by atoms with Gasteiger partial charge in [-0.3, -0.25) is 0 Å². The lowest BCUT2D eigenvalue weighted by Gasteiger charge is -2.11. The average molecular weight is 239 g/mol. The molecule has 0 spiro atoms. The van der Waals surface area contributed by atoms with Crippen LogP contribution in [0, 0.1) is 11.3 Å². The fourth-order valence-corrected chi connectivity index (χ4v) is 1.65. The first-order valence-electron chi connectivity index (χ1n) is 5.53. The van der Waals surface area contributed by atoms with Crippen molar-refractivity contribution in [3.05, 3.63) is 53.9 Å². The number of para-hydroxylation sites is 1. The predicted octanol–water partition coefficient (Wildman–Crippen LogP) is 2.84. The van der Waals surface area contributed by atoms with Crippen molar-refractivity contribution in [2.24, 2.45) is 0 Å². The van der Waals surface area contributed by atoms with Crippen molar-refractivity contribution < 1.29 is 4.74 Å². The van der Waals surface area contributed by atoms with E-state index >= 15 is 0 Å². The summed E-state index contributed by atoms with van der Waals surface area (Å²) in [6.45, 7) is 0.541. The third-order valence-electron chi connectivity index (χ3n) is 2.47. The first-order chi connectivity index (χ1) is 8.83. The number of ether oxygens (including phenoxy) is 1. The Balaban J connectivity index is 2.25. The zero-order valence-electron chi connectivity index (χ0n) is 10.1. The van der Waals surface area contributed by atoms with Crippen molar-refractivity contribution in [1.29, 1.82) is 5.26 Å². The number of rotatable bonds is 4. The number of nitriles is 1. The van der Waals surface area contributed by atoms with Gasteiger partial charge in [0.1, 0.15) is 11.8 Å². The van der Waals surface area contributed by atoms with Crippen LogP contribution in [0.5, 0.6) is 0 Å². The van der Waals surface area contributed by atoms with E-state index in [2.05, 4.69) is 10.3 Å². The van der Waals surface area contributed by atoms with E-state index in [1.165, 1.54) is 0 Å². The van der Waals surface area contributed by atoms with Gasteiger partial charge in [0.15, 0.2) is 0 Å². The van der Waals surface area contributed by atoms with Gasteiger partial charge >= 0.3 is 0 Å². The van der Waals surface area contributed by atoms with Crippen LogP contribution in [0.1, 0.15) is 11.3 Å². The van der Waals surface area contributed by atoms with Gasteiger partial charge in [-0.05, 0) is 18.2 Å². The highest BCUT2D eigenvalue weighted by molar-refractivity contribution is 5.63. The molecule has 0 bridgehead atoms. The van der Waals surface area contributed by atoms with Crippen molar-refractivity contribution in [3.8, 4) is 6.07 Å². The fourth-order valence-electron chi connectivity index (χ4n) is 1.65. The predicted molar refractivity (Wildman–Crippen MR) is 69.4 cm³/mol. The van der Waals surface area contributed by atoms with Gasteiger partial charge in [0, 0.05) is 30.2 Å². The first kappa shape index (κ1) is 12.1. The van der Waals surface area contributed by atoms with Crippen LogP contribution in [0.15, 0.2) is 42.6 Å². The van der Waals surface area contributed by atoms with Gasteiger partial charge in [-0.2, -0.15) is 5.26 Å². The Morgan fingerprint density at radius 1 is 1.33 bits per heavy atom. The second-order valence-corrected chi connectivity index (χ2v) is 3.76. The summed E-state index contributed by atoms with van der Waals surface area (Å²) in [4.78, 5) is 3.93. The van der Waals surface area contributed by atoms with Gasteiger partial charge in [-0.25, -0.2) is 4.98 Å². The molecule has 0 saturated heterocycles. The van der Waals surface area contributed by atoms with Gasteiger partial charge in [0.05, 0.1) is 6.61 Å². The second-order valence-electron chi connectivity index (χ2n) is 3.76. The molecule has 0 aliphatic rings. The smallest absolute Gasteiger partial charge is 0.142 e. The summed E-state index contributed by atoms with van der Waals surface area (Å²) in [7, 11) is 1.66. The first-order valence-corrected chi connectivity index (χ1v) is 5.53. The summed E-state index contributed by atoms with van der Waals surface area (Å²) in [5, 5.41) is 12.1. The van der Waals surface area contributed by atoms with E-state index in [-0.39, 0.29) is 0 Å². The van der Waals surface area contributed by atoms with Crippen LogP contribution in [0.2, 0.25) is 0 Å². The minimum Gasteiger partial charge on any atom is -0.380 e. The van der Waals surface area contributed by atoms with Crippen LogP contribution >= 0.6 is 0 Å². The Hall–Kier alpha value is -2.38. The summed E-state index contributed by atoms with van der Waals surface area (Å²) in [6.07, 6.45) is 1.61. The third kappa shape index (κ3) is 2.84. The van der Waals surface area contributed by atoms with E-state index in [9.17, 15) is 0 Å². The summed E-state index contributed by atoms with van der Waals surface area (Å²) < 4.78 is 5.15. The van der Waals surface area contributed by atoms with Crippen molar-refractivity contribution in [1.82, 2.24) is 4.98 Å². The van der Waals surface area contributed by atoms with Crippen molar-refractivity contribution in [2.75, 3.05) is 12.4 Å². The van der Waals surface area contributed by atoms with Crippen molar-refractivity contribution in [3.63, 3.8) is 0 Å². The number of nitrogens with zero attached hydrogens (tertiary/aromatic N) is 2. The molecule has 2 aromatic rings. The highest BCUT2D eigenvalue weighted by Gasteiger charge is 2.02. The number of anilines is 2. The van der Waals surface area contributed by atoms with E-state index in [0.29, 0.717) is 12.3 Å². The molecule has 0 fully saturated rings. The lowest BCUT2D eigenvalue weighted by Crippen LogP contribution is -1.97. The normalized spacial score (nSPS) is 9.78. The molecule has 4 nitrogen and oxygen atoms in total. The van der Waals surface area contributed by atoms with E-state index in [1.807, 2.05) is 36.4 Å². The number of benzene rings is 1. The van der Waals surface area contributed by atoms with Crippen LogP contribution in [-0.4, -0.2) is 12.1 Å². The summed E-state index contributed by atoms with van der Waals surface area (Å²) in [6, 6.07) is 13.4. The van der Waals surface area contributed by atoms with Crippen LogP contribution in [-0.2, 0) is 11.3 Å². The second kappa shape index (κ2) is 5.80. The molecule has 1 aromatic carbocycles. The molecule has 0 amide bonds. The molecule has 90 valence electrons. The SMILES string of the molecule is COCc1ccccc1Nc1ccnc(C#N)c1. The van der Waals surface area contributed by atoms with Crippen LogP contribution in [0.4, 0.5) is 11.4 Å². The number of aromatic nitrogens is 1. The van der Waals surface area contributed by atoms with Crippen LogP contribution < -0.4 is 5.32 Å². The van der Waals surface area contributed by atoms with E-state index in [0.717, 1.165) is 16.9 Å². The minimum absolute atomic E-state index is 0.393. The van der Waals surface area contributed by atoms with Crippen molar-refractivity contribution >= 4 is 11.4 Å². The maximum atomic E-state index is 8.81. The van der Waals surface area contributed by atoms with Crippen LogP contribution in [0.3, 0.4) is 0 Å². The summed E-state index contributed by atoms with van der Waals surface area (Å²) in [5.74, 6) is 0. The number of hydrogen-bond donors (Lipinski definition) is 1. The molecule has 0 radical (unpaired) electrons. The number of hydrogen-bond acceptors (Lipinski definition) is 4. The summed E-state index contributed by atoms with van der Waals surface area (Å²) in [5.41, 5.74) is 3.26. The van der Waals surface area contributed by atoms with Gasteiger partial charge in [0.2, 0.25) is 0 Å². The molecule has 2 rings (SSSR count). The largest absolute Gasteiger partial charge is 0.380 e. The Labute approximate surface area is 106 Å². The Morgan fingerprint density at radius 2 is 2.17 bits per heavy atom. The molecule has 0 unspecified atom stereocenters. The average Bonchev–Trinajstić information content (AvgIpc) is 2.41. The quantitative estimate of drug-likeness (QED) is 0.891. The molecule has 1 aromatic heterocycles. The Kier molecular flexibility index (Phi) is 3.90. The Morgan fingerprint density at radius 3 is 2.94 bits per heavy atom. The van der Waals surface area contributed by atoms with Gasteiger partial charge in [-0.1, -0.05) is 18.2 Å². The Bertz CT molecular complexity index is 575. The van der Waals surface area contributed by atoms with Gasteiger partial charge in [0.25, 0.3) is 0 Å². The molecule has 1 N–H and O–H groups in total. The molecular weight excluding hydrogens is 226 g/mol. The third-order valence-corrected chi connectivity index (χ3v) is 2.47. The number of pyridine rings is 1. The maximum absolute atomic E-state index is 8.81. The molecular formula is C14H13N3O. The number of nitrogens with one attached hydrogen (secondary N) is 1. The molecule has 18 heavy (non-hydrogen) atoms. The molecule has 0 aliphatic carbocycles. The van der Waals surface area contributed by atoms with Gasteiger partial charge < -0.3 is 10.1 Å². The van der Waals surface area contributed by atoms with Gasteiger partial charge in [-0.15, -0.1) is 0 Å². The molecule has 0 atom stereocenters. The highest BCUT2D eigenvalue weighted by Crippen LogP contribution is 2.21. The lowest BCUT2D eigenvalue weighted by molar-refractivity contribution is 0.185. The van der Waals surface area contributed by atoms with E-state index in [1.54, 1.807) is 19.4 Å².